The SMILES string of the molecule is CCCNC(CC1CCOCC1)c1cc(C)c(C)s1. The minimum Gasteiger partial charge on any atom is -0.381 e. The molecule has 1 aromatic heterocycles. The molecule has 1 fully saturated rings. The molecule has 108 valence electrons. The van der Waals surface area contributed by atoms with Gasteiger partial charge in [0.15, 0.2) is 0 Å². The third-order valence-corrected chi connectivity index (χ3v) is 5.35. The molecule has 0 amide bonds. The Hall–Kier alpha value is -0.380. The van der Waals surface area contributed by atoms with Crippen LogP contribution in [0.2, 0.25) is 0 Å². The molecule has 0 aliphatic carbocycles. The summed E-state index contributed by atoms with van der Waals surface area (Å²) in [7, 11) is 0. The number of aryl methyl sites for hydroxylation is 2. The van der Waals surface area contributed by atoms with Crippen molar-refractivity contribution in [2.75, 3.05) is 19.8 Å². The van der Waals surface area contributed by atoms with Crippen LogP contribution in [0.3, 0.4) is 0 Å². The van der Waals surface area contributed by atoms with Crippen molar-refractivity contribution in [1.29, 1.82) is 0 Å². The summed E-state index contributed by atoms with van der Waals surface area (Å²) in [4.78, 5) is 2.99. The molecule has 1 saturated heterocycles. The van der Waals surface area contributed by atoms with E-state index in [1.807, 2.05) is 11.3 Å². The highest BCUT2D eigenvalue weighted by molar-refractivity contribution is 7.12. The first-order chi connectivity index (χ1) is 9.20. The molecule has 0 aromatic carbocycles. The molecule has 2 rings (SSSR count). The average molecular weight is 281 g/mol. The van der Waals surface area contributed by atoms with E-state index in [9.17, 15) is 0 Å². The average Bonchev–Trinajstić information content (AvgIpc) is 2.76. The summed E-state index contributed by atoms with van der Waals surface area (Å²) >= 11 is 1.97. The smallest absolute Gasteiger partial charge is 0.0468 e. The summed E-state index contributed by atoms with van der Waals surface area (Å²) in [6.45, 7) is 9.71. The molecule has 1 unspecified atom stereocenters. The van der Waals surface area contributed by atoms with Crippen LogP contribution in [0.25, 0.3) is 0 Å². The fraction of sp³-hybridized carbons (Fsp3) is 0.750. The van der Waals surface area contributed by atoms with Gasteiger partial charge in [-0.05, 0) is 63.6 Å². The van der Waals surface area contributed by atoms with Crippen LogP contribution in [0.4, 0.5) is 0 Å². The normalized spacial score (nSPS) is 18.7. The first-order valence-electron chi connectivity index (χ1n) is 7.58. The van der Waals surface area contributed by atoms with Gasteiger partial charge >= 0.3 is 0 Å². The Morgan fingerprint density at radius 3 is 2.68 bits per heavy atom. The van der Waals surface area contributed by atoms with Crippen LogP contribution < -0.4 is 5.32 Å². The summed E-state index contributed by atoms with van der Waals surface area (Å²) in [5.41, 5.74) is 1.44. The highest BCUT2D eigenvalue weighted by Gasteiger charge is 2.21. The Labute approximate surface area is 121 Å². The van der Waals surface area contributed by atoms with Gasteiger partial charge in [0.2, 0.25) is 0 Å². The van der Waals surface area contributed by atoms with Crippen molar-refractivity contribution in [1.82, 2.24) is 5.32 Å². The summed E-state index contributed by atoms with van der Waals surface area (Å²) in [5.74, 6) is 0.825. The Morgan fingerprint density at radius 2 is 2.11 bits per heavy atom. The maximum absolute atomic E-state index is 5.47. The van der Waals surface area contributed by atoms with Crippen LogP contribution >= 0.6 is 11.3 Å². The van der Waals surface area contributed by atoms with Crippen molar-refractivity contribution < 1.29 is 4.74 Å². The van der Waals surface area contributed by atoms with Gasteiger partial charge in [0.25, 0.3) is 0 Å². The second-order valence-electron chi connectivity index (χ2n) is 5.69. The number of hydrogen-bond acceptors (Lipinski definition) is 3. The second kappa shape index (κ2) is 7.41. The molecule has 1 aliphatic heterocycles. The van der Waals surface area contributed by atoms with Crippen molar-refractivity contribution >= 4 is 11.3 Å². The number of ether oxygens (including phenoxy) is 1. The molecule has 2 heterocycles. The maximum Gasteiger partial charge on any atom is 0.0468 e. The largest absolute Gasteiger partial charge is 0.381 e. The van der Waals surface area contributed by atoms with Crippen molar-refractivity contribution in [3.63, 3.8) is 0 Å². The van der Waals surface area contributed by atoms with Gasteiger partial charge in [-0.25, -0.2) is 0 Å². The zero-order valence-electron chi connectivity index (χ0n) is 12.5. The Bertz CT molecular complexity index is 363. The van der Waals surface area contributed by atoms with Gasteiger partial charge in [-0.2, -0.15) is 0 Å². The van der Waals surface area contributed by atoms with Crippen molar-refractivity contribution in [2.45, 2.75) is 52.5 Å². The predicted octanol–water partition coefficient (Wildman–Crippen LogP) is 4.22. The van der Waals surface area contributed by atoms with E-state index in [4.69, 9.17) is 4.74 Å². The molecule has 1 aromatic rings. The minimum absolute atomic E-state index is 0.542. The van der Waals surface area contributed by atoms with E-state index in [2.05, 4.69) is 32.2 Å². The van der Waals surface area contributed by atoms with E-state index in [1.54, 1.807) is 0 Å². The number of rotatable bonds is 6. The van der Waals surface area contributed by atoms with E-state index < -0.39 is 0 Å². The summed E-state index contributed by atoms with van der Waals surface area (Å²) in [5, 5.41) is 3.74. The maximum atomic E-state index is 5.47. The van der Waals surface area contributed by atoms with Crippen LogP contribution in [0.15, 0.2) is 6.07 Å². The molecular formula is C16H27NOS. The van der Waals surface area contributed by atoms with E-state index >= 15 is 0 Å². The lowest BCUT2D eigenvalue weighted by Gasteiger charge is -2.27. The predicted molar refractivity (Wildman–Crippen MR) is 83.0 cm³/mol. The first kappa shape index (κ1) is 15.0. The van der Waals surface area contributed by atoms with Crippen molar-refractivity contribution in [2.24, 2.45) is 5.92 Å². The fourth-order valence-electron chi connectivity index (χ4n) is 2.71. The molecule has 1 atom stereocenters. The summed E-state index contributed by atoms with van der Waals surface area (Å²) in [6, 6.07) is 2.92. The fourth-order valence-corrected chi connectivity index (χ4v) is 3.84. The molecule has 0 saturated carbocycles. The summed E-state index contributed by atoms with van der Waals surface area (Å²) < 4.78 is 5.47. The van der Waals surface area contributed by atoms with Crippen molar-refractivity contribution in [3.8, 4) is 0 Å². The number of thiophene rings is 1. The van der Waals surface area contributed by atoms with Gasteiger partial charge in [-0.15, -0.1) is 11.3 Å². The molecule has 0 radical (unpaired) electrons. The molecule has 19 heavy (non-hydrogen) atoms. The van der Waals surface area contributed by atoms with Crippen LogP contribution in [0.5, 0.6) is 0 Å². The first-order valence-corrected chi connectivity index (χ1v) is 8.40. The lowest BCUT2D eigenvalue weighted by Crippen LogP contribution is -2.26. The van der Waals surface area contributed by atoms with E-state index in [0.29, 0.717) is 6.04 Å². The van der Waals surface area contributed by atoms with Gasteiger partial charge in [0.1, 0.15) is 0 Å². The standard InChI is InChI=1S/C16H27NOS/c1-4-7-17-15(11-14-5-8-18-9-6-14)16-10-12(2)13(3)19-16/h10,14-15,17H,4-9,11H2,1-3H3. The van der Waals surface area contributed by atoms with Gasteiger partial charge < -0.3 is 10.1 Å². The third kappa shape index (κ3) is 4.30. The molecule has 1 aliphatic rings. The molecule has 0 spiro atoms. The van der Waals surface area contributed by atoms with E-state index in [0.717, 1.165) is 25.7 Å². The lowest BCUT2D eigenvalue weighted by molar-refractivity contribution is 0.0606. The molecule has 3 heteroatoms. The highest BCUT2D eigenvalue weighted by atomic mass is 32.1. The van der Waals surface area contributed by atoms with Crippen LogP contribution in [0, 0.1) is 19.8 Å². The Kier molecular flexibility index (Phi) is 5.86. The van der Waals surface area contributed by atoms with Gasteiger partial charge in [-0.3, -0.25) is 0 Å². The number of nitrogens with one attached hydrogen (secondary N) is 1. The zero-order chi connectivity index (χ0) is 13.7. The monoisotopic (exact) mass is 281 g/mol. The number of hydrogen-bond donors (Lipinski definition) is 1. The Morgan fingerprint density at radius 1 is 1.37 bits per heavy atom. The summed E-state index contributed by atoms with van der Waals surface area (Å²) in [6.07, 6.45) is 4.93. The Balaban J connectivity index is 2.01. The molecule has 0 bridgehead atoms. The van der Waals surface area contributed by atoms with Crippen LogP contribution in [-0.2, 0) is 4.74 Å². The second-order valence-corrected chi connectivity index (χ2v) is 6.97. The molecule has 2 nitrogen and oxygen atoms in total. The van der Waals surface area contributed by atoms with Crippen molar-refractivity contribution in [3.05, 3.63) is 21.4 Å². The zero-order valence-corrected chi connectivity index (χ0v) is 13.3. The van der Waals surface area contributed by atoms with E-state index in [-0.39, 0.29) is 0 Å². The van der Waals surface area contributed by atoms with Gasteiger partial charge in [0, 0.05) is 29.0 Å². The minimum atomic E-state index is 0.542. The molecular weight excluding hydrogens is 254 g/mol. The topological polar surface area (TPSA) is 21.3 Å². The third-order valence-electron chi connectivity index (χ3n) is 4.08. The lowest BCUT2D eigenvalue weighted by atomic mass is 9.91. The quantitative estimate of drug-likeness (QED) is 0.843. The van der Waals surface area contributed by atoms with Gasteiger partial charge in [-0.1, -0.05) is 6.92 Å². The van der Waals surface area contributed by atoms with Crippen LogP contribution in [0.1, 0.15) is 54.0 Å². The van der Waals surface area contributed by atoms with Gasteiger partial charge in [0.05, 0.1) is 0 Å². The molecule has 1 N–H and O–H groups in total. The van der Waals surface area contributed by atoms with Crippen LogP contribution in [-0.4, -0.2) is 19.8 Å². The highest BCUT2D eigenvalue weighted by Crippen LogP contribution is 2.33. The van der Waals surface area contributed by atoms with E-state index in [1.165, 1.54) is 41.0 Å².